The van der Waals surface area contributed by atoms with E-state index in [0.717, 1.165) is 13.2 Å². The maximum Gasteiger partial charge on any atom is 0.191 e. The fourth-order valence-electron chi connectivity index (χ4n) is 1.27. The highest BCUT2D eigenvalue weighted by Crippen LogP contribution is 2.57. The van der Waals surface area contributed by atoms with Gasteiger partial charge in [0.25, 0.3) is 0 Å². The fraction of sp³-hybridized carbons (Fsp3) is 1.00. The van der Waals surface area contributed by atoms with Gasteiger partial charge >= 0.3 is 0 Å². The van der Waals surface area contributed by atoms with Crippen LogP contribution in [0.25, 0.3) is 0 Å². The second kappa shape index (κ2) is 4.21. The van der Waals surface area contributed by atoms with Crippen LogP contribution in [0.15, 0.2) is 0 Å². The summed E-state index contributed by atoms with van der Waals surface area (Å²) in [5.41, 5.74) is 0.579. The van der Waals surface area contributed by atoms with Crippen molar-refractivity contribution in [2.24, 2.45) is 11.3 Å². The van der Waals surface area contributed by atoms with E-state index in [1.54, 1.807) is 0 Å². The number of hydrogen-bond donors (Lipinski definition) is 0. The third kappa shape index (κ3) is 2.79. The lowest BCUT2D eigenvalue weighted by Gasteiger charge is -2.39. The zero-order chi connectivity index (χ0) is 11.0. The van der Waals surface area contributed by atoms with Crippen LogP contribution in [0.4, 0.5) is 0 Å². The van der Waals surface area contributed by atoms with Crippen LogP contribution in [0, 0.1) is 11.3 Å². The molecule has 0 aliphatic carbocycles. The molecule has 1 aliphatic rings. The first-order valence-corrected chi connectivity index (χ1v) is 7.85. The molecule has 1 rings (SSSR count). The molecule has 0 spiro atoms. The van der Waals surface area contributed by atoms with Gasteiger partial charge in [0, 0.05) is 11.6 Å². The normalized spacial score (nSPS) is 34.9. The first-order valence-electron chi connectivity index (χ1n) is 5.14. The molecule has 84 valence electrons. The molecule has 0 aromatic carbocycles. The molecule has 0 unspecified atom stereocenters. The molecular weight excluding hydrogens is 215 g/mol. The van der Waals surface area contributed by atoms with Gasteiger partial charge < -0.3 is 9.05 Å². The van der Waals surface area contributed by atoms with Crippen molar-refractivity contribution in [3.05, 3.63) is 0 Å². The maximum absolute atomic E-state index is 5.77. The molecule has 1 aliphatic heterocycles. The summed E-state index contributed by atoms with van der Waals surface area (Å²) >= 11 is 5.42. The lowest BCUT2D eigenvalue weighted by atomic mass is 9.82. The molecule has 1 fully saturated rings. The second-order valence-electron chi connectivity index (χ2n) is 5.29. The summed E-state index contributed by atoms with van der Waals surface area (Å²) in [4.78, 5) is 0. The van der Waals surface area contributed by atoms with E-state index >= 15 is 0 Å². The van der Waals surface area contributed by atoms with E-state index in [1.165, 1.54) is 0 Å². The molecule has 0 amide bonds. The predicted octanol–water partition coefficient (Wildman–Crippen LogP) is 3.41. The van der Waals surface area contributed by atoms with Crippen LogP contribution in [0.3, 0.4) is 0 Å². The summed E-state index contributed by atoms with van der Waals surface area (Å²) < 4.78 is 11.5. The van der Waals surface area contributed by atoms with Crippen LogP contribution < -0.4 is 0 Å². The van der Waals surface area contributed by atoms with E-state index in [-0.39, 0.29) is 5.41 Å². The van der Waals surface area contributed by atoms with Crippen molar-refractivity contribution in [2.75, 3.05) is 13.2 Å². The average molecular weight is 236 g/mol. The summed E-state index contributed by atoms with van der Waals surface area (Å²) in [6.45, 7) is 10.4. The molecule has 0 aromatic heterocycles. The van der Waals surface area contributed by atoms with Gasteiger partial charge in [0.15, 0.2) is 6.49 Å². The van der Waals surface area contributed by atoms with Crippen molar-refractivity contribution in [3.63, 3.8) is 0 Å². The fourth-order valence-corrected chi connectivity index (χ4v) is 3.08. The Hall–Kier alpha value is 0.570. The molecule has 0 saturated carbocycles. The first-order chi connectivity index (χ1) is 6.26. The highest BCUT2D eigenvalue weighted by Gasteiger charge is 2.35. The minimum atomic E-state index is -1.96. The van der Waals surface area contributed by atoms with Crippen molar-refractivity contribution in [1.82, 2.24) is 0 Å². The topological polar surface area (TPSA) is 18.5 Å². The van der Waals surface area contributed by atoms with Gasteiger partial charge in [-0.05, 0) is 17.2 Å². The Balaban J connectivity index is 2.59. The van der Waals surface area contributed by atoms with Gasteiger partial charge in [-0.3, -0.25) is 0 Å². The van der Waals surface area contributed by atoms with Gasteiger partial charge in [-0.15, -0.1) is 0 Å². The monoisotopic (exact) mass is 236 g/mol. The molecule has 0 N–H and O–H groups in total. The van der Waals surface area contributed by atoms with Crippen LogP contribution in [0.1, 0.15) is 34.6 Å². The van der Waals surface area contributed by atoms with E-state index < -0.39 is 6.49 Å². The lowest BCUT2D eigenvalue weighted by molar-refractivity contribution is 0.0496. The summed E-state index contributed by atoms with van der Waals surface area (Å²) in [6.07, 6.45) is 0. The summed E-state index contributed by atoms with van der Waals surface area (Å²) in [5.74, 6) is 0.470. The average Bonchev–Trinajstić information content (AvgIpc) is 2.03. The molecule has 1 heterocycles. The third-order valence-corrected chi connectivity index (χ3v) is 6.95. The van der Waals surface area contributed by atoms with Gasteiger partial charge in [-0.1, -0.05) is 34.6 Å². The highest BCUT2D eigenvalue weighted by molar-refractivity contribution is 8.10. The van der Waals surface area contributed by atoms with Gasteiger partial charge in [0.2, 0.25) is 0 Å². The molecule has 0 aromatic rings. The van der Waals surface area contributed by atoms with Crippen LogP contribution in [-0.2, 0) is 20.9 Å². The number of rotatable bonds is 1. The van der Waals surface area contributed by atoms with E-state index in [4.69, 9.17) is 20.9 Å². The molecule has 0 atom stereocenters. The molecule has 4 heteroatoms. The Morgan fingerprint density at radius 1 is 1.21 bits per heavy atom. The van der Waals surface area contributed by atoms with Crippen LogP contribution in [0.5, 0.6) is 0 Å². The second-order valence-corrected chi connectivity index (χ2v) is 9.44. The van der Waals surface area contributed by atoms with E-state index in [0.29, 0.717) is 11.6 Å². The largest absolute Gasteiger partial charge is 0.329 e. The molecule has 1 saturated heterocycles. The Morgan fingerprint density at radius 2 is 1.64 bits per heavy atom. The summed E-state index contributed by atoms with van der Waals surface area (Å²) in [7, 11) is 0. The van der Waals surface area contributed by atoms with Crippen molar-refractivity contribution in [2.45, 2.75) is 40.3 Å². The first kappa shape index (κ1) is 12.6. The van der Waals surface area contributed by atoms with Crippen LogP contribution in [0.2, 0.25) is 0 Å². The Bertz CT molecular complexity index is 233. The lowest BCUT2D eigenvalue weighted by Crippen LogP contribution is -2.33. The van der Waals surface area contributed by atoms with Gasteiger partial charge in [0.05, 0.1) is 13.2 Å². The SMILES string of the molecule is CC(C)P1(=S)OCC(C(C)(C)C)CO1. The maximum atomic E-state index is 5.77. The van der Waals surface area contributed by atoms with Crippen LogP contribution >= 0.6 is 6.49 Å². The van der Waals surface area contributed by atoms with E-state index in [2.05, 4.69) is 34.6 Å². The Labute approximate surface area is 92.5 Å². The van der Waals surface area contributed by atoms with Crippen molar-refractivity contribution >= 4 is 18.3 Å². The zero-order valence-corrected chi connectivity index (χ0v) is 11.5. The summed E-state index contributed by atoms with van der Waals surface area (Å²) in [5, 5.41) is 0. The zero-order valence-electron chi connectivity index (χ0n) is 9.74. The summed E-state index contributed by atoms with van der Waals surface area (Å²) in [6, 6.07) is 0. The third-order valence-electron chi connectivity index (χ3n) is 2.77. The van der Waals surface area contributed by atoms with E-state index in [1.807, 2.05) is 0 Å². The highest BCUT2D eigenvalue weighted by atomic mass is 32.5. The number of hydrogen-bond acceptors (Lipinski definition) is 3. The van der Waals surface area contributed by atoms with Crippen LogP contribution in [-0.4, -0.2) is 18.9 Å². The van der Waals surface area contributed by atoms with E-state index in [9.17, 15) is 0 Å². The Morgan fingerprint density at radius 3 is 1.93 bits per heavy atom. The smallest absolute Gasteiger partial charge is 0.191 e. The van der Waals surface area contributed by atoms with Gasteiger partial charge in [-0.25, -0.2) is 0 Å². The Kier molecular flexibility index (Phi) is 3.80. The van der Waals surface area contributed by atoms with Crippen molar-refractivity contribution in [3.8, 4) is 0 Å². The molecule has 14 heavy (non-hydrogen) atoms. The minimum Gasteiger partial charge on any atom is -0.329 e. The molecule has 0 bridgehead atoms. The van der Waals surface area contributed by atoms with Gasteiger partial charge in [-0.2, -0.15) is 0 Å². The quantitative estimate of drug-likeness (QED) is 0.650. The van der Waals surface area contributed by atoms with Gasteiger partial charge in [0.1, 0.15) is 0 Å². The molecular formula is C10H21O2PS. The van der Waals surface area contributed by atoms with Crippen molar-refractivity contribution < 1.29 is 9.05 Å². The molecule has 2 nitrogen and oxygen atoms in total. The standard InChI is InChI=1S/C10H21O2PS/c1-8(2)13(14)11-6-9(7-12-13)10(3,4)5/h8-9H,6-7H2,1-5H3. The molecule has 0 radical (unpaired) electrons. The minimum absolute atomic E-state index is 0.248. The van der Waals surface area contributed by atoms with Crippen molar-refractivity contribution in [1.29, 1.82) is 0 Å². The predicted molar refractivity (Wildman–Crippen MR) is 64.3 cm³/mol.